The second-order valence-corrected chi connectivity index (χ2v) is 8.21. The van der Waals surface area contributed by atoms with Gasteiger partial charge in [0.2, 0.25) is 0 Å². The monoisotopic (exact) mass is 472 g/mol. The fourth-order valence-corrected chi connectivity index (χ4v) is 4.24. The molecule has 2 heterocycles. The quantitative estimate of drug-likeness (QED) is 0.373. The van der Waals surface area contributed by atoms with Crippen LogP contribution in [0.2, 0.25) is 5.02 Å². The van der Waals surface area contributed by atoms with Gasteiger partial charge >= 0.3 is 5.69 Å². The Morgan fingerprint density at radius 1 is 0.882 bits per heavy atom. The Morgan fingerprint density at radius 2 is 1.59 bits per heavy atom. The van der Waals surface area contributed by atoms with E-state index in [9.17, 15) is 9.59 Å². The maximum Gasteiger partial charge on any atom is 0.337 e. The number of methoxy groups -OCH3 is 1. The summed E-state index contributed by atoms with van der Waals surface area (Å²) in [5.41, 5.74) is 1.84. The Balaban J connectivity index is 1.80. The van der Waals surface area contributed by atoms with Gasteiger partial charge in [-0.15, -0.1) is 0 Å². The van der Waals surface area contributed by atoms with Gasteiger partial charge in [0.1, 0.15) is 5.75 Å². The molecule has 2 aromatic heterocycles. The molecule has 5 aromatic rings. The van der Waals surface area contributed by atoms with Crippen molar-refractivity contribution >= 4 is 22.8 Å². The number of ether oxygens (including phenoxy) is 1. The molecule has 0 bridgehead atoms. The van der Waals surface area contributed by atoms with Crippen molar-refractivity contribution in [2.24, 2.45) is 0 Å². The average molecular weight is 473 g/mol. The normalized spacial score (nSPS) is 11.1. The van der Waals surface area contributed by atoms with Crippen LogP contribution in [0.1, 0.15) is 11.1 Å². The highest BCUT2D eigenvalue weighted by Crippen LogP contribution is 2.24. The van der Waals surface area contributed by atoms with Crippen LogP contribution in [0, 0.1) is 0 Å². The van der Waals surface area contributed by atoms with Crippen LogP contribution >= 0.6 is 11.6 Å². The van der Waals surface area contributed by atoms with Gasteiger partial charge in [-0.2, -0.15) is 0 Å². The van der Waals surface area contributed by atoms with Gasteiger partial charge in [-0.05, 0) is 29.3 Å². The van der Waals surface area contributed by atoms with Crippen molar-refractivity contribution in [1.82, 2.24) is 18.7 Å². The Hall–Kier alpha value is -4.10. The summed E-state index contributed by atoms with van der Waals surface area (Å²) >= 11 is 6.37. The molecule has 8 heteroatoms. The van der Waals surface area contributed by atoms with Crippen LogP contribution in [0.3, 0.4) is 0 Å². The van der Waals surface area contributed by atoms with E-state index in [1.807, 2.05) is 60.7 Å². The number of aromatic nitrogens is 4. The summed E-state index contributed by atoms with van der Waals surface area (Å²) < 4.78 is 9.90. The molecule has 0 saturated heterocycles. The van der Waals surface area contributed by atoms with Gasteiger partial charge in [0.25, 0.3) is 5.56 Å². The fourth-order valence-electron chi connectivity index (χ4n) is 4.05. The minimum atomic E-state index is -0.492. The lowest BCUT2D eigenvalue weighted by atomic mass is 10.2. The maximum atomic E-state index is 13.7. The SMILES string of the molecule is COc1ccccc1-n1c(=O)n(Cc2ccccc2)c(=O)c2c1ncn2Cc1ccccc1Cl. The van der Waals surface area contributed by atoms with Gasteiger partial charge in [-0.3, -0.25) is 9.36 Å². The van der Waals surface area contributed by atoms with E-state index in [4.69, 9.17) is 16.3 Å². The van der Waals surface area contributed by atoms with Crippen LogP contribution in [0.25, 0.3) is 16.9 Å². The average Bonchev–Trinajstić information content (AvgIpc) is 3.27. The number of nitrogens with zero attached hydrogens (tertiary/aromatic N) is 4. The first kappa shape index (κ1) is 21.7. The van der Waals surface area contributed by atoms with Crippen molar-refractivity contribution in [2.45, 2.75) is 13.1 Å². The Bertz CT molecular complexity index is 1600. The Kier molecular flexibility index (Phi) is 5.77. The van der Waals surface area contributed by atoms with Crippen molar-refractivity contribution in [3.05, 3.63) is 122 Å². The molecule has 0 atom stereocenters. The minimum absolute atomic E-state index is 0.126. The molecule has 0 spiro atoms. The summed E-state index contributed by atoms with van der Waals surface area (Å²) in [5.74, 6) is 0.497. The zero-order valence-corrected chi connectivity index (χ0v) is 19.1. The smallest absolute Gasteiger partial charge is 0.337 e. The van der Waals surface area contributed by atoms with E-state index in [0.29, 0.717) is 28.5 Å². The number of para-hydroxylation sites is 2. The van der Waals surface area contributed by atoms with Gasteiger partial charge in [-0.1, -0.05) is 72.3 Å². The molecule has 0 unspecified atom stereocenters. The summed E-state index contributed by atoms with van der Waals surface area (Å²) in [5, 5.41) is 0.590. The predicted molar refractivity (Wildman–Crippen MR) is 132 cm³/mol. The molecule has 3 aromatic carbocycles. The van der Waals surface area contributed by atoms with E-state index < -0.39 is 11.2 Å². The molecule has 0 fully saturated rings. The van der Waals surface area contributed by atoms with Gasteiger partial charge in [0, 0.05) is 5.02 Å². The summed E-state index contributed by atoms with van der Waals surface area (Å²) in [6.45, 7) is 0.460. The lowest BCUT2D eigenvalue weighted by molar-refractivity contribution is 0.412. The molecule has 34 heavy (non-hydrogen) atoms. The number of halogens is 1. The second kappa shape index (κ2) is 9.03. The highest BCUT2D eigenvalue weighted by molar-refractivity contribution is 6.31. The van der Waals surface area contributed by atoms with E-state index in [2.05, 4.69) is 4.98 Å². The van der Waals surface area contributed by atoms with E-state index in [-0.39, 0.29) is 12.2 Å². The van der Waals surface area contributed by atoms with Gasteiger partial charge in [0.15, 0.2) is 11.2 Å². The first-order valence-corrected chi connectivity index (χ1v) is 11.1. The molecule has 0 saturated carbocycles. The van der Waals surface area contributed by atoms with E-state index in [1.165, 1.54) is 16.2 Å². The highest BCUT2D eigenvalue weighted by atomic mass is 35.5. The molecule has 5 rings (SSSR count). The molecular weight excluding hydrogens is 452 g/mol. The standard InChI is InChI=1S/C26H21ClN4O3/c1-34-22-14-8-7-13-21(22)31-24-23(29(17-28-24)16-19-11-5-6-12-20(19)27)25(32)30(26(31)33)15-18-9-3-2-4-10-18/h2-14,17H,15-16H2,1H3. The number of rotatable bonds is 6. The van der Waals surface area contributed by atoms with Gasteiger partial charge in [0.05, 0.1) is 32.2 Å². The third-order valence-corrected chi connectivity index (χ3v) is 6.08. The van der Waals surface area contributed by atoms with Crippen molar-refractivity contribution < 1.29 is 4.74 Å². The van der Waals surface area contributed by atoms with Crippen molar-refractivity contribution in [2.75, 3.05) is 7.11 Å². The van der Waals surface area contributed by atoms with E-state index in [1.54, 1.807) is 29.1 Å². The molecule has 170 valence electrons. The van der Waals surface area contributed by atoms with Crippen LogP contribution in [0.5, 0.6) is 5.75 Å². The number of benzene rings is 3. The molecule has 0 amide bonds. The summed E-state index contributed by atoms with van der Waals surface area (Å²) in [7, 11) is 1.54. The zero-order chi connectivity index (χ0) is 23.7. The number of imidazole rings is 1. The van der Waals surface area contributed by atoms with Crippen molar-refractivity contribution in [1.29, 1.82) is 0 Å². The van der Waals surface area contributed by atoms with Crippen LogP contribution in [0.15, 0.2) is 94.8 Å². The Morgan fingerprint density at radius 3 is 2.35 bits per heavy atom. The van der Waals surface area contributed by atoms with Crippen molar-refractivity contribution in [3.8, 4) is 11.4 Å². The minimum Gasteiger partial charge on any atom is -0.495 e. The third kappa shape index (κ3) is 3.80. The molecule has 0 aliphatic carbocycles. The zero-order valence-electron chi connectivity index (χ0n) is 18.4. The molecule has 7 nitrogen and oxygen atoms in total. The molecule has 0 aliphatic rings. The second-order valence-electron chi connectivity index (χ2n) is 7.80. The highest BCUT2D eigenvalue weighted by Gasteiger charge is 2.21. The van der Waals surface area contributed by atoms with E-state index in [0.717, 1.165) is 11.1 Å². The molecule has 0 N–H and O–H groups in total. The summed E-state index contributed by atoms with van der Waals surface area (Å²) in [4.78, 5) is 31.9. The van der Waals surface area contributed by atoms with Gasteiger partial charge < -0.3 is 9.30 Å². The number of hydrogen-bond acceptors (Lipinski definition) is 4. The fraction of sp³-hybridized carbons (Fsp3) is 0.115. The summed E-state index contributed by atoms with van der Waals surface area (Å²) in [6.07, 6.45) is 1.56. The van der Waals surface area contributed by atoms with Crippen LogP contribution < -0.4 is 16.0 Å². The first-order chi connectivity index (χ1) is 16.6. The first-order valence-electron chi connectivity index (χ1n) is 10.7. The number of hydrogen-bond donors (Lipinski definition) is 0. The largest absolute Gasteiger partial charge is 0.495 e. The predicted octanol–water partition coefficient (Wildman–Crippen LogP) is 4.11. The van der Waals surface area contributed by atoms with Crippen LogP contribution in [-0.2, 0) is 13.1 Å². The molecule has 0 radical (unpaired) electrons. The van der Waals surface area contributed by atoms with Crippen molar-refractivity contribution in [3.63, 3.8) is 0 Å². The van der Waals surface area contributed by atoms with Gasteiger partial charge in [-0.25, -0.2) is 14.3 Å². The number of fused-ring (bicyclic) bond motifs is 1. The van der Waals surface area contributed by atoms with Crippen LogP contribution in [0.4, 0.5) is 0 Å². The lowest BCUT2D eigenvalue weighted by Crippen LogP contribution is -2.40. The molecule has 0 aliphatic heterocycles. The third-order valence-electron chi connectivity index (χ3n) is 5.71. The topological polar surface area (TPSA) is 71.1 Å². The van der Waals surface area contributed by atoms with E-state index >= 15 is 0 Å². The van der Waals surface area contributed by atoms with Crippen LogP contribution in [-0.4, -0.2) is 25.8 Å². The Labute approximate surface area is 200 Å². The molecular formula is C26H21ClN4O3. The summed E-state index contributed by atoms with van der Waals surface area (Å²) in [6, 6.07) is 24.0. The maximum absolute atomic E-state index is 13.7. The lowest BCUT2D eigenvalue weighted by Gasteiger charge is -2.15.